The summed E-state index contributed by atoms with van der Waals surface area (Å²) in [6, 6.07) is 0. The number of hydrogen-bond acceptors (Lipinski definition) is 6. The Balaban J connectivity index is -0.00000242. The molecule has 24 heavy (non-hydrogen) atoms. The van der Waals surface area contributed by atoms with Crippen molar-refractivity contribution < 1.29 is 66.8 Å². The summed E-state index contributed by atoms with van der Waals surface area (Å²) in [4.78, 5) is 0. The predicted molar refractivity (Wildman–Crippen MR) is 87.4 cm³/mol. The molecule has 0 rings (SSSR count). The van der Waals surface area contributed by atoms with Gasteiger partial charge in [-0.25, -0.2) is 0 Å². The molecule has 2 atom stereocenters. The van der Waals surface area contributed by atoms with E-state index < -0.39 is 43.6 Å². The molecule has 0 heterocycles. The van der Waals surface area contributed by atoms with Crippen LogP contribution >= 0.6 is 0 Å². The van der Waals surface area contributed by atoms with Crippen LogP contribution in [-0.4, -0.2) is 54.4 Å². The summed E-state index contributed by atoms with van der Waals surface area (Å²) in [5, 5.41) is 9.16. The van der Waals surface area contributed by atoms with E-state index in [9.17, 15) is 16.8 Å². The second-order valence-electron chi connectivity index (χ2n) is 5.62. The number of ether oxygens (including phenoxy) is 1. The third kappa shape index (κ3) is 11.4. The fourth-order valence-corrected chi connectivity index (χ4v) is 4.61. The molecule has 0 radical (unpaired) electrons. The minimum Gasteiger partial charge on any atom is -1.00 e. The van der Waals surface area contributed by atoms with Crippen molar-refractivity contribution >= 4 is 20.2 Å². The number of aliphatic hydroxyl groups is 1. The van der Waals surface area contributed by atoms with E-state index in [2.05, 4.69) is 6.92 Å². The molecule has 8 nitrogen and oxygen atoms in total. The van der Waals surface area contributed by atoms with Gasteiger partial charge in [0.05, 0.1) is 12.7 Å². The molecule has 0 aromatic heterocycles. The Labute approximate surface area is 168 Å². The third-order valence-electron chi connectivity index (χ3n) is 3.44. The topological polar surface area (TPSA) is 138 Å². The smallest absolute Gasteiger partial charge is 1.00 e. The maximum Gasteiger partial charge on any atom is 1.00 e. The molecule has 142 valence electrons. The van der Waals surface area contributed by atoms with E-state index in [-0.39, 0.29) is 31.0 Å². The van der Waals surface area contributed by atoms with Gasteiger partial charge in [0.2, 0.25) is 4.58 Å². The molecule has 0 saturated heterocycles. The summed E-state index contributed by atoms with van der Waals surface area (Å²) in [5.74, 6) is 0. The second kappa shape index (κ2) is 13.0. The number of unbranched alkanes of at least 4 members (excludes halogenated alkanes) is 5. The van der Waals surface area contributed by atoms with Gasteiger partial charge in [-0.05, 0) is 13.3 Å². The van der Waals surface area contributed by atoms with E-state index in [1.54, 1.807) is 6.92 Å². The first-order chi connectivity index (χ1) is 10.5. The first-order valence-corrected chi connectivity index (χ1v) is 10.7. The van der Waals surface area contributed by atoms with Gasteiger partial charge in [-0.2, -0.15) is 16.8 Å². The van der Waals surface area contributed by atoms with Gasteiger partial charge in [-0.15, -0.1) is 0 Å². The van der Waals surface area contributed by atoms with E-state index in [0.717, 1.165) is 32.1 Å². The van der Waals surface area contributed by atoms with Crippen molar-refractivity contribution in [3.63, 3.8) is 0 Å². The van der Waals surface area contributed by atoms with Crippen molar-refractivity contribution in [1.82, 2.24) is 0 Å². The fourth-order valence-electron chi connectivity index (χ4n) is 2.31. The van der Waals surface area contributed by atoms with E-state index in [1.807, 2.05) is 0 Å². The molecule has 0 aromatic carbocycles. The Morgan fingerprint density at radius 3 is 1.83 bits per heavy atom. The van der Waals surface area contributed by atoms with Gasteiger partial charge in [0.25, 0.3) is 20.2 Å². The maximum atomic E-state index is 11.1. The molecular formula is C13H29NaO8S2. The summed E-state index contributed by atoms with van der Waals surface area (Å²) in [7, 11) is -10.3. The summed E-state index contributed by atoms with van der Waals surface area (Å²) in [6.07, 6.45) is 4.57. The molecular weight excluding hydrogens is 371 g/mol. The zero-order chi connectivity index (χ0) is 18.1. The molecule has 3 N–H and O–H groups in total. The van der Waals surface area contributed by atoms with Crippen LogP contribution in [0.2, 0.25) is 0 Å². The zero-order valence-corrected chi connectivity index (χ0v) is 18.2. The monoisotopic (exact) mass is 400 g/mol. The number of rotatable bonds is 13. The van der Waals surface area contributed by atoms with Gasteiger partial charge in [0.1, 0.15) is 6.10 Å². The maximum absolute atomic E-state index is 11.1. The van der Waals surface area contributed by atoms with Crippen LogP contribution in [0.5, 0.6) is 0 Å². The molecule has 0 aliphatic rings. The summed E-state index contributed by atoms with van der Waals surface area (Å²) < 4.78 is 65.1. The van der Waals surface area contributed by atoms with Crippen LogP contribution < -0.4 is 29.6 Å². The molecule has 0 aromatic rings. The first-order valence-electron chi connectivity index (χ1n) is 7.73. The fraction of sp³-hybridized carbons (Fsp3) is 1.00. The average molecular weight is 400 g/mol. The molecule has 0 amide bonds. The Kier molecular flexibility index (Phi) is 14.6. The normalized spacial score (nSPS) is 15.1. The molecule has 0 bridgehead atoms. The molecule has 0 spiro atoms. The molecule has 2 unspecified atom stereocenters. The summed E-state index contributed by atoms with van der Waals surface area (Å²) in [6.45, 7) is 2.76. The minimum atomic E-state index is -5.14. The van der Waals surface area contributed by atoms with Gasteiger partial charge >= 0.3 is 29.6 Å². The van der Waals surface area contributed by atoms with E-state index in [0.29, 0.717) is 6.42 Å². The van der Waals surface area contributed by atoms with Gasteiger partial charge in [0.15, 0.2) is 0 Å². The van der Waals surface area contributed by atoms with Crippen molar-refractivity contribution in [2.45, 2.75) is 75.6 Å². The Morgan fingerprint density at radius 2 is 1.42 bits per heavy atom. The van der Waals surface area contributed by atoms with E-state index in [4.69, 9.17) is 18.9 Å². The first kappa shape index (κ1) is 27.0. The van der Waals surface area contributed by atoms with Gasteiger partial charge in [-0.3, -0.25) is 9.11 Å². The van der Waals surface area contributed by atoms with Crippen molar-refractivity contribution in [2.75, 3.05) is 6.61 Å². The molecule has 0 fully saturated rings. The Bertz CT molecular complexity index is 494. The van der Waals surface area contributed by atoms with Crippen LogP contribution in [0.4, 0.5) is 0 Å². The van der Waals surface area contributed by atoms with E-state index >= 15 is 0 Å². The van der Waals surface area contributed by atoms with Crippen LogP contribution in [0.15, 0.2) is 0 Å². The molecule has 0 saturated carbocycles. The minimum absolute atomic E-state index is 0. The van der Waals surface area contributed by atoms with Gasteiger partial charge in [0, 0.05) is 0 Å². The van der Waals surface area contributed by atoms with Crippen LogP contribution in [0.3, 0.4) is 0 Å². The molecule has 0 aliphatic heterocycles. The second-order valence-corrected chi connectivity index (χ2v) is 9.00. The number of aliphatic hydroxyl groups excluding tert-OH is 1. The average Bonchev–Trinajstić information content (AvgIpc) is 2.38. The SMILES string of the molecule is CCCCCCCCC(C)OC(CO)C(S(=O)(=O)O)S(=O)(=O)O.[H-].[Na+]. The summed E-state index contributed by atoms with van der Waals surface area (Å²) in [5.41, 5.74) is 0. The van der Waals surface area contributed by atoms with Crippen molar-refractivity contribution in [3.8, 4) is 0 Å². The Morgan fingerprint density at radius 1 is 0.958 bits per heavy atom. The van der Waals surface area contributed by atoms with Gasteiger partial charge < -0.3 is 11.3 Å². The van der Waals surface area contributed by atoms with Crippen LogP contribution in [0.1, 0.15) is 60.2 Å². The summed E-state index contributed by atoms with van der Waals surface area (Å²) >= 11 is 0. The number of hydrogen-bond donors (Lipinski definition) is 3. The van der Waals surface area contributed by atoms with Crippen molar-refractivity contribution in [2.24, 2.45) is 0 Å². The third-order valence-corrected chi connectivity index (χ3v) is 6.68. The predicted octanol–water partition coefficient (Wildman–Crippen LogP) is -1.28. The van der Waals surface area contributed by atoms with Crippen LogP contribution in [-0.2, 0) is 25.0 Å². The van der Waals surface area contributed by atoms with Crippen LogP contribution in [0, 0.1) is 0 Å². The largest absolute Gasteiger partial charge is 1.00 e. The zero-order valence-electron chi connectivity index (χ0n) is 15.6. The molecule has 11 heteroatoms. The van der Waals surface area contributed by atoms with Crippen molar-refractivity contribution in [3.05, 3.63) is 0 Å². The molecule has 0 aliphatic carbocycles. The standard InChI is InChI=1S/C13H28O8S2.Na.H/c1-3-4-5-6-7-8-9-11(2)21-12(10-14)13(22(15,16)17)23(18,19)20;;/h11-14H,3-10H2,1-2H3,(H,15,16,17)(H,18,19,20);;/q;+1;-1. The van der Waals surface area contributed by atoms with Crippen molar-refractivity contribution in [1.29, 1.82) is 0 Å². The Hall–Kier alpha value is 0.740. The van der Waals surface area contributed by atoms with Gasteiger partial charge in [-0.1, -0.05) is 45.4 Å². The van der Waals surface area contributed by atoms with Crippen LogP contribution in [0.25, 0.3) is 0 Å². The van der Waals surface area contributed by atoms with E-state index in [1.165, 1.54) is 6.42 Å². The quantitative estimate of drug-likeness (QED) is 0.197.